The third kappa shape index (κ3) is 4.54. The van der Waals surface area contributed by atoms with Crippen LogP contribution in [0.3, 0.4) is 0 Å². The molecule has 0 aliphatic heterocycles. The molecule has 0 atom stereocenters. The fraction of sp³-hybridized carbons (Fsp3) is 0.167. The molecule has 2 heteroatoms. The Morgan fingerprint density at radius 2 is 0.846 bits per heavy atom. The SMILES string of the molecule is CC(Cc1ccc(O)cc1)=c1ccc(=C(C)Cc2ccc(O)cc2)cc1. The predicted octanol–water partition coefficient (Wildman–Crippen LogP) is 3.92. The molecule has 132 valence electrons. The van der Waals surface area contributed by atoms with Crippen molar-refractivity contribution < 1.29 is 10.2 Å². The van der Waals surface area contributed by atoms with Crippen LogP contribution in [0.1, 0.15) is 25.0 Å². The predicted molar refractivity (Wildman–Crippen MR) is 107 cm³/mol. The fourth-order valence-corrected chi connectivity index (χ4v) is 3.08. The summed E-state index contributed by atoms with van der Waals surface area (Å²) >= 11 is 0. The Morgan fingerprint density at radius 1 is 0.538 bits per heavy atom. The minimum Gasteiger partial charge on any atom is -0.508 e. The van der Waals surface area contributed by atoms with E-state index in [4.69, 9.17) is 0 Å². The van der Waals surface area contributed by atoms with Crippen molar-refractivity contribution in [1.82, 2.24) is 0 Å². The summed E-state index contributed by atoms with van der Waals surface area (Å²) in [4.78, 5) is 0. The van der Waals surface area contributed by atoms with Gasteiger partial charge in [-0.05, 0) is 72.5 Å². The largest absolute Gasteiger partial charge is 0.508 e. The summed E-state index contributed by atoms with van der Waals surface area (Å²) in [6.07, 6.45) is 1.74. The van der Waals surface area contributed by atoms with Gasteiger partial charge in [0.15, 0.2) is 0 Å². The lowest BCUT2D eigenvalue weighted by Crippen LogP contribution is -2.13. The third-order valence-corrected chi connectivity index (χ3v) is 4.68. The van der Waals surface area contributed by atoms with Crippen LogP contribution in [0.5, 0.6) is 11.5 Å². The smallest absolute Gasteiger partial charge is 0.115 e. The summed E-state index contributed by atoms with van der Waals surface area (Å²) in [5.74, 6) is 0.603. The van der Waals surface area contributed by atoms with Crippen LogP contribution < -0.4 is 10.4 Å². The van der Waals surface area contributed by atoms with Crippen LogP contribution in [0.15, 0.2) is 72.8 Å². The molecule has 0 radical (unpaired) electrons. The second kappa shape index (κ2) is 7.92. The second-order valence-electron chi connectivity index (χ2n) is 6.82. The van der Waals surface area contributed by atoms with Crippen LogP contribution >= 0.6 is 0 Å². The van der Waals surface area contributed by atoms with Crippen LogP contribution in [0.4, 0.5) is 0 Å². The van der Waals surface area contributed by atoms with Crippen LogP contribution in [-0.4, -0.2) is 10.2 Å². The van der Waals surface area contributed by atoms with E-state index in [-0.39, 0.29) is 0 Å². The molecule has 0 saturated carbocycles. The molecule has 0 bridgehead atoms. The van der Waals surface area contributed by atoms with E-state index in [2.05, 4.69) is 38.1 Å². The molecule has 0 saturated heterocycles. The van der Waals surface area contributed by atoms with E-state index in [1.165, 1.54) is 32.7 Å². The van der Waals surface area contributed by atoms with Crippen molar-refractivity contribution in [1.29, 1.82) is 0 Å². The van der Waals surface area contributed by atoms with Crippen molar-refractivity contribution in [2.45, 2.75) is 26.7 Å². The van der Waals surface area contributed by atoms with Gasteiger partial charge in [0.25, 0.3) is 0 Å². The molecule has 3 aromatic carbocycles. The number of aromatic hydroxyl groups is 2. The highest BCUT2D eigenvalue weighted by Crippen LogP contribution is 2.14. The maximum absolute atomic E-state index is 9.39. The molecule has 2 N–H and O–H groups in total. The van der Waals surface area contributed by atoms with E-state index < -0.39 is 0 Å². The molecule has 26 heavy (non-hydrogen) atoms. The number of hydrogen-bond donors (Lipinski definition) is 2. The molecule has 0 heterocycles. The van der Waals surface area contributed by atoms with E-state index in [9.17, 15) is 10.2 Å². The van der Waals surface area contributed by atoms with E-state index in [0.717, 1.165) is 12.8 Å². The maximum atomic E-state index is 9.39. The van der Waals surface area contributed by atoms with E-state index in [0.29, 0.717) is 11.5 Å². The molecule has 2 nitrogen and oxygen atoms in total. The van der Waals surface area contributed by atoms with Crippen molar-refractivity contribution in [2.75, 3.05) is 0 Å². The monoisotopic (exact) mass is 344 g/mol. The zero-order chi connectivity index (χ0) is 18.5. The molecule has 3 aromatic rings. The topological polar surface area (TPSA) is 40.5 Å². The van der Waals surface area contributed by atoms with Gasteiger partial charge >= 0.3 is 0 Å². The summed E-state index contributed by atoms with van der Waals surface area (Å²) < 4.78 is 0. The summed E-state index contributed by atoms with van der Waals surface area (Å²) in [6.45, 7) is 4.30. The van der Waals surface area contributed by atoms with Crippen LogP contribution in [0.25, 0.3) is 11.1 Å². The van der Waals surface area contributed by atoms with Crippen molar-refractivity contribution in [3.8, 4) is 11.5 Å². The first-order chi connectivity index (χ1) is 12.5. The molecule has 0 aliphatic carbocycles. The maximum Gasteiger partial charge on any atom is 0.115 e. The Labute approximate surface area is 154 Å². The van der Waals surface area contributed by atoms with Crippen molar-refractivity contribution in [2.24, 2.45) is 0 Å². The lowest BCUT2D eigenvalue weighted by molar-refractivity contribution is 0.474. The van der Waals surface area contributed by atoms with Crippen molar-refractivity contribution in [3.63, 3.8) is 0 Å². The van der Waals surface area contributed by atoms with Gasteiger partial charge in [-0.2, -0.15) is 0 Å². The highest BCUT2D eigenvalue weighted by molar-refractivity contribution is 5.50. The Bertz CT molecular complexity index is 890. The summed E-state index contributed by atoms with van der Waals surface area (Å²) in [7, 11) is 0. The normalized spacial score (nSPS) is 10.5. The van der Waals surface area contributed by atoms with Crippen LogP contribution in [-0.2, 0) is 12.8 Å². The molecule has 0 fully saturated rings. The standard InChI is InChI=1S/C24H24O2/c1-17(15-19-3-11-23(25)12-4-19)21-7-9-22(10-8-21)18(2)16-20-5-13-24(26)14-6-20/h3-14,25-26H,15-16H2,1-2H3. The molecule has 0 spiro atoms. The Morgan fingerprint density at radius 3 is 1.15 bits per heavy atom. The second-order valence-corrected chi connectivity index (χ2v) is 6.82. The number of phenolic OH excluding ortho intramolecular Hbond substituents is 2. The molecule has 0 aliphatic rings. The first kappa shape index (κ1) is 17.8. The summed E-state index contributed by atoms with van der Waals surface area (Å²) in [6, 6.07) is 23.5. The van der Waals surface area contributed by atoms with Gasteiger partial charge in [0.1, 0.15) is 11.5 Å². The van der Waals surface area contributed by atoms with Gasteiger partial charge in [0.05, 0.1) is 0 Å². The number of hydrogen-bond acceptors (Lipinski definition) is 2. The highest BCUT2D eigenvalue weighted by Gasteiger charge is 1.99. The first-order valence-corrected chi connectivity index (χ1v) is 8.83. The van der Waals surface area contributed by atoms with Gasteiger partial charge in [0.2, 0.25) is 0 Å². The molecule has 0 aromatic heterocycles. The van der Waals surface area contributed by atoms with Gasteiger partial charge < -0.3 is 10.2 Å². The Balaban J connectivity index is 1.81. The number of benzene rings is 3. The van der Waals surface area contributed by atoms with E-state index in [1.54, 1.807) is 24.3 Å². The Kier molecular flexibility index (Phi) is 5.43. The summed E-state index contributed by atoms with van der Waals surface area (Å²) in [5, 5.41) is 21.2. The first-order valence-electron chi connectivity index (χ1n) is 8.83. The van der Waals surface area contributed by atoms with Gasteiger partial charge in [-0.25, -0.2) is 0 Å². The van der Waals surface area contributed by atoms with Gasteiger partial charge in [-0.1, -0.05) is 59.7 Å². The molecular formula is C24H24O2. The minimum atomic E-state index is 0.301. The van der Waals surface area contributed by atoms with E-state index >= 15 is 0 Å². The number of phenols is 2. The minimum absolute atomic E-state index is 0.301. The molecule has 3 rings (SSSR count). The average molecular weight is 344 g/mol. The van der Waals surface area contributed by atoms with Crippen LogP contribution in [0, 0.1) is 0 Å². The van der Waals surface area contributed by atoms with Gasteiger partial charge in [0, 0.05) is 0 Å². The lowest BCUT2D eigenvalue weighted by atomic mass is 10.0. The average Bonchev–Trinajstić information content (AvgIpc) is 2.65. The summed E-state index contributed by atoms with van der Waals surface area (Å²) in [5.41, 5.74) is 5.00. The zero-order valence-electron chi connectivity index (χ0n) is 15.2. The molecule has 0 unspecified atom stereocenters. The molecule has 0 amide bonds. The van der Waals surface area contributed by atoms with Crippen molar-refractivity contribution >= 4 is 11.1 Å². The fourth-order valence-electron chi connectivity index (χ4n) is 3.08. The third-order valence-electron chi connectivity index (χ3n) is 4.68. The molecular weight excluding hydrogens is 320 g/mol. The van der Waals surface area contributed by atoms with Crippen LogP contribution in [0.2, 0.25) is 0 Å². The van der Waals surface area contributed by atoms with Gasteiger partial charge in [-0.15, -0.1) is 0 Å². The lowest BCUT2D eigenvalue weighted by Gasteiger charge is -2.04. The highest BCUT2D eigenvalue weighted by atomic mass is 16.3. The zero-order valence-corrected chi connectivity index (χ0v) is 15.2. The van der Waals surface area contributed by atoms with E-state index in [1.807, 2.05) is 24.3 Å². The quantitative estimate of drug-likeness (QED) is 0.753. The van der Waals surface area contributed by atoms with Gasteiger partial charge in [-0.3, -0.25) is 0 Å². The number of rotatable bonds is 4. The van der Waals surface area contributed by atoms with Crippen molar-refractivity contribution in [3.05, 3.63) is 94.4 Å². The Hall–Kier alpha value is -3.00.